The van der Waals surface area contributed by atoms with Gasteiger partial charge in [-0.3, -0.25) is 0 Å². The number of hydrogen-bond acceptors (Lipinski definition) is 6. The maximum atomic E-state index is 11.1. The third-order valence-corrected chi connectivity index (χ3v) is 3.72. The number of nitrogens with zero attached hydrogens (tertiary/aromatic N) is 3. The first-order valence-electron chi connectivity index (χ1n) is 5.90. The van der Waals surface area contributed by atoms with Crippen molar-refractivity contribution in [3.8, 4) is 0 Å². The molecule has 106 valence electrons. The van der Waals surface area contributed by atoms with E-state index in [4.69, 9.17) is 5.14 Å². The molecule has 0 atom stereocenters. The summed E-state index contributed by atoms with van der Waals surface area (Å²) in [7, 11) is -3.65. The van der Waals surface area contributed by atoms with Gasteiger partial charge < -0.3 is 5.32 Å². The van der Waals surface area contributed by atoms with Crippen LogP contribution in [0.3, 0.4) is 0 Å². The number of anilines is 1. The fraction of sp³-hybridized carbons (Fsp3) is 0.250. The Balaban J connectivity index is 2.06. The number of benzene rings is 1. The third-order valence-electron chi connectivity index (χ3n) is 2.79. The Labute approximate surface area is 117 Å². The van der Waals surface area contributed by atoms with Crippen LogP contribution in [0.5, 0.6) is 0 Å². The Bertz CT molecular complexity index is 713. The smallest absolute Gasteiger partial charge is 0.243 e. The van der Waals surface area contributed by atoms with Crippen molar-refractivity contribution in [2.24, 2.45) is 5.14 Å². The van der Waals surface area contributed by atoms with Crippen LogP contribution in [0.2, 0.25) is 0 Å². The highest BCUT2D eigenvalue weighted by Gasteiger charge is 2.07. The Hall–Kier alpha value is -2.06. The van der Waals surface area contributed by atoms with E-state index < -0.39 is 10.0 Å². The van der Waals surface area contributed by atoms with Crippen molar-refractivity contribution in [2.45, 2.75) is 25.3 Å². The van der Waals surface area contributed by atoms with Crippen molar-refractivity contribution >= 4 is 16.0 Å². The number of hydrogen-bond donors (Lipinski definition) is 2. The molecule has 0 aliphatic rings. The lowest BCUT2D eigenvalue weighted by molar-refractivity contribution is 0.598. The molecular formula is C12H15N5O2S. The molecule has 0 aliphatic carbocycles. The summed E-state index contributed by atoms with van der Waals surface area (Å²) >= 11 is 0. The summed E-state index contributed by atoms with van der Waals surface area (Å²) in [5.74, 6) is 0.434. The summed E-state index contributed by atoms with van der Waals surface area (Å²) < 4.78 is 22.3. The van der Waals surface area contributed by atoms with Gasteiger partial charge in [0.1, 0.15) is 0 Å². The molecule has 3 N–H and O–H groups in total. The van der Waals surface area contributed by atoms with Crippen LogP contribution in [0.4, 0.5) is 5.95 Å². The Kier molecular flexibility index (Phi) is 3.96. The zero-order valence-corrected chi connectivity index (χ0v) is 12.0. The molecule has 2 aromatic rings. The van der Waals surface area contributed by atoms with Gasteiger partial charge in [0.2, 0.25) is 16.0 Å². The first kappa shape index (κ1) is 14.4. The van der Waals surface area contributed by atoms with Gasteiger partial charge in [-0.15, -0.1) is 5.10 Å². The van der Waals surface area contributed by atoms with Gasteiger partial charge in [-0.2, -0.15) is 5.10 Å². The van der Waals surface area contributed by atoms with E-state index in [1.54, 1.807) is 12.1 Å². The lowest BCUT2D eigenvalue weighted by atomic mass is 10.2. The van der Waals surface area contributed by atoms with Gasteiger partial charge >= 0.3 is 0 Å². The van der Waals surface area contributed by atoms with Crippen LogP contribution in [0.15, 0.2) is 29.2 Å². The van der Waals surface area contributed by atoms with Crippen LogP contribution < -0.4 is 10.5 Å². The van der Waals surface area contributed by atoms with Gasteiger partial charge in [-0.25, -0.2) is 18.5 Å². The zero-order valence-electron chi connectivity index (χ0n) is 11.2. The molecule has 0 bridgehead atoms. The molecule has 1 heterocycles. The number of rotatable bonds is 4. The number of primary sulfonamides is 1. The molecule has 0 aliphatic heterocycles. The fourth-order valence-electron chi connectivity index (χ4n) is 1.51. The normalized spacial score (nSPS) is 11.3. The van der Waals surface area contributed by atoms with Crippen molar-refractivity contribution in [2.75, 3.05) is 5.32 Å². The van der Waals surface area contributed by atoms with Gasteiger partial charge in [0, 0.05) is 6.54 Å². The fourth-order valence-corrected chi connectivity index (χ4v) is 2.03. The molecule has 1 aromatic heterocycles. The molecule has 2 rings (SSSR count). The van der Waals surface area contributed by atoms with Gasteiger partial charge in [0.05, 0.1) is 16.3 Å². The Morgan fingerprint density at radius 1 is 1.10 bits per heavy atom. The van der Waals surface area contributed by atoms with Crippen LogP contribution >= 0.6 is 0 Å². The number of aryl methyl sites for hydroxylation is 2. The average Bonchev–Trinajstić information content (AvgIpc) is 2.40. The minimum absolute atomic E-state index is 0.0883. The van der Waals surface area contributed by atoms with Gasteiger partial charge in [-0.1, -0.05) is 12.1 Å². The van der Waals surface area contributed by atoms with E-state index in [1.165, 1.54) is 12.1 Å². The Morgan fingerprint density at radius 2 is 1.75 bits per heavy atom. The highest BCUT2D eigenvalue weighted by atomic mass is 32.2. The maximum Gasteiger partial charge on any atom is 0.243 e. The van der Waals surface area contributed by atoms with Crippen LogP contribution in [-0.4, -0.2) is 23.6 Å². The van der Waals surface area contributed by atoms with Crippen molar-refractivity contribution in [1.29, 1.82) is 0 Å². The second kappa shape index (κ2) is 5.51. The van der Waals surface area contributed by atoms with Crippen molar-refractivity contribution < 1.29 is 8.42 Å². The lowest BCUT2D eigenvalue weighted by Gasteiger charge is -2.06. The summed E-state index contributed by atoms with van der Waals surface area (Å²) in [6.45, 7) is 4.16. The summed E-state index contributed by atoms with van der Waals surface area (Å²) in [6.07, 6.45) is 0. The molecule has 7 nitrogen and oxygen atoms in total. The predicted octanol–water partition coefficient (Wildman–Crippen LogP) is 0.748. The summed E-state index contributed by atoms with van der Waals surface area (Å²) in [5, 5.41) is 15.9. The molecule has 0 amide bonds. The molecule has 0 saturated heterocycles. The van der Waals surface area contributed by atoms with Crippen LogP contribution in [-0.2, 0) is 16.6 Å². The molecule has 0 fully saturated rings. The molecule has 1 aromatic carbocycles. The van der Waals surface area contributed by atoms with E-state index in [9.17, 15) is 8.42 Å². The summed E-state index contributed by atoms with van der Waals surface area (Å²) in [4.78, 5) is 4.33. The minimum atomic E-state index is -3.65. The number of nitrogens with two attached hydrogens (primary N) is 1. The van der Waals surface area contributed by atoms with Gasteiger partial charge in [0.15, 0.2) is 0 Å². The largest absolute Gasteiger partial charge is 0.349 e. The van der Waals surface area contributed by atoms with E-state index in [0.29, 0.717) is 12.5 Å². The molecule has 0 saturated carbocycles. The predicted molar refractivity (Wildman–Crippen MR) is 74.4 cm³/mol. The molecule has 20 heavy (non-hydrogen) atoms. The van der Waals surface area contributed by atoms with E-state index in [-0.39, 0.29) is 4.90 Å². The molecule has 8 heteroatoms. The number of nitrogens with one attached hydrogen (secondary N) is 1. The van der Waals surface area contributed by atoms with Crippen molar-refractivity contribution in [3.05, 3.63) is 41.2 Å². The maximum absolute atomic E-state index is 11.1. The monoisotopic (exact) mass is 293 g/mol. The van der Waals surface area contributed by atoms with E-state index in [0.717, 1.165) is 17.0 Å². The van der Waals surface area contributed by atoms with Crippen LogP contribution in [0.1, 0.15) is 17.0 Å². The standard InChI is InChI=1S/C12H15N5O2S/c1-8-9(2)16-17-12(15-8)14-7-10-3-5-11(6-4-10)20(13,18)19/h3-6H,7H2,1-2H3,(H2,13,18,19)(H,14,15,17). The zero-order chi connectivity index (χ0) is 14.8. The quantitative estimate of drug-likeness (QED) is 0.860. The van der Waals surface area contributed by atoms with Gasteiger partial charge in [0.25, 0.3) is 0 Å². The minimum Gasteiger partial charge on any atom is -0.349 e. The third kappa shape index (κ3) is 3.49. The summed E-state index contributed by atoms with van der Waals surface area (Å²) in [5.41, 5.74) is 2.49. The molecule has 0 radical (unpaired) electrons. The van der Waals surface area contributed by atoms with Crippen molar-refractivity contribution in [3.63, 3.8) is 0 Å². The topological polar surface area (TPSA) is 111 Å². The van der Waals surface area contributed by atoms with E-state index >= 15 is 0 Å². The van der Waals surface area contributed by atoms with Gasteiger partial charge in [-0.05, 0) is 31.5 Å². The second-order valence-corrected chi connectivity index (χ2v) is 5.91. The molecule has 0 unspecified atom stereocenters. The Morgan fingerprint density at radius 3 is 2.30 bits per heavy atom. The van der Waals surface area contributed by atoms with E-state index in [1.807, 2.05) is 13.8 Å². The lowest BCUT2D eigenvalue weighted by Crippen LogP contribution is -2.12. The highest BCUT2D eigenvalue weighted by molar-refractivity contribution is 7.89. The van der Waals surface area contributed by atoms with Crippen LogP contribution in [0, 0.1) is 13.8 Å². The highest BCUT2D eigenvalue weighted by Crippen LogP contribution is 2.10. The van der Waals surface area contributed by atoms with E-state index in [2.05, 4.69) is 20.5 Å². The average molecular weight is 293 g/mol. The number of aromatic nitrogens is 3. The number of sulfonamides is 1. The first-order valence-corrected chi connectivity index (χ1v) is 7.44. The van der Waals surface area contributed by atoms with Crippen molar-refractivity contribution in [1.82, 2.24) is 15.2 Å². The van der Waals surface area contributed by atoms with Crippen LogP contribution in [0.25, 0.3) is 0 Å². The second-order valence-electron chi connectivity index (χ2n) is 4.35. The molecular weight excluding hydrogens is 278 g/mol. The summed E-state index contributed by atoms with van der Waals surface area (Å²) in [6, 6.07) is 6.29. The SMILES string of the molecule is Cc1nnc(NCc2ccc(S(N)(=O)=O)cc2)nc1C. The molecule has 0 spiro atoms. The first-order chi connectivity index (χ1) is 9.36.